The van der Waals surface area contributed by atoms with E-state index in [1.807, 2.05) is 0 Å². The van der Waals surface area contributed by atoms with Gasteiger partial charge in [0.1, 0.15) is 0 Å². The summed E-state index contributed by atoms with van der Waals surface area (Å²) >= 11 is 0. The van der Waals surface area contributed by atoms with Crippen LogP contribution in [0.5, 0.6) is 0 Å². The molecule has 0 amide bonds. The molecule has 0 aromatic rings. The van der Waals surface area contributed by atoms with Crippen LogP contribution in [0.25, 0.3) is 5.32 Å². The van der Waals surface area contributed by atoms with Crippen LogP contribution in [0.15, 0.2) is 0 Å². The van der Waals surface area contributed by atoms with E-state index >= 15 is 0 Å². The van der Waals surface area contributed by atoms with E-state index in [1.165, 1.54) is 58.4 Å². The van der Waals surface area contributed by atoms with Crippen molar-refractivity contribution in [3.05, 3.63) is 5.32 Å². The van der Waals surface area contributed by atoms with Gasteiger partial charge in [0.25, 0.3) is 0 Å². The Bertz CT molecular complexity index is 302. The molecule has 0 aliphatic carbocycles. The Morgan fingerprint density at radius 1 is 1.05 bits per heavy atom. The second kappa shape index (κ2) is 8.82. The third-order valence-corrected chi connectivity index (χ3v) is 8.23. The number of hydrogen-bond donors (Lipinski definition) is 0. The first-order valence-electron chi connectivity index (χ1n) is 8.83. The van der Waals surface area contributed by atoms with Gasteiger partial charge in [-0.05, 0) is 65.2 Å². The normalized spacial score (nSPS) is 23.5. The molecular weight excluding hydrogens is 544 g/mol. The summed E-state index contributed by atoms with van der Waals surface area (Å²) in [6.45, 7) is 18.3. The van der Waals surface area contributed by atoms with Gasteiger partial charge >= 0.3 is 0 Å². The van der Waals surface area contributed by atoms with Crippen LogP contribution in [-0.4, -0.2) is 67.2 Å². The maximum Gasteiger partial charge on any atom is 0.00215 e. The van der Waals surface area contributed by atoms with Crippen LogP contribution in [-0.2, 0) is 0 Å². The van der Waals surface area contributed by atoms with Crippen LogP contribution in [0, 0.1) is 5.92 Å². The molecule has 5 heteroatoms. The van der Waals surface area contributed by atoms with E-state index in [2.05, 4.69) is 37.0 Å². The van der Waals surface area contributed by atoms with Crippen LogP contribution < -0.4 is 0 Å². The topological polar surface area (TPSA) is 20.6 Å². The summed E-state index contributed by atoms with van der Waals surface area (Å²) in [5.41, 5.74) is 0. The molecule has 2 aliphatic rings. The minimum absolute atomic E-state index is 0. The molecule has 2 aliphatic heterocycles. The van der Waals surface area contributed by atoms with E-state index < -0.39 is 0 Å². The van der Waals surface area contributed by atoms with E-state index in [0.29, 0.717) is 11.1 Å². The molecule has 0 spiro atoms. The maximum atomic E-state index is 4.94. The molecule has 0 saturated carbocycles. The van der Waals surface area contributed by atoms with Crippen LogP contribution in [0.3, 0.4) is 0 Å². The van der Waals surface area contributed by atoms with Gasteiger partial charge in [0.15, 0.2) is 0 Å². The van der Waals surface area contributed by atoms with Gasteiger partial charge in [-0.2, -0.15) is 0 Å². The number of nitrogens with zero attached hydrogens (tertiary/aromatic N) is 3. The number of hydrogen-bond acceptors (Lipinski definition) is 2. The van der Waals surface area contributed by atoms with Gasteiger partial charge < -0.3 is 10.2 Å². The summed E-state index contributed by atoms with van der Waals surface area (Å²) in [6.07, 6.45) is 5.58. The molecule has 0 bridgehead atoms. The number of rotatable bonds is 8. The standard InChI is InChI=1S/C17H35N3P.Rf/c1-16(14-19-9-5-6-10-19)13-18-15-17(2,3)21(4)20-11-7-8-12-20;/h16H,5-15H2,1-4H3;/q-1;. The third kappa shape index (κ3) is 5.50. The first kappa shape index (κ1) is 19.4. The van der Waals surface area contributed by atoms with E-state index in [9.17, 15) is 0 Å². The molecule has 0 radical (unpaired) electrons. The Morgan fingerprint density at radius 3 is 2.18 bits per heavy atom. The largest absolute Gasteiger partial charge is 0.661 e. The maximum absolute atomic E-state index is 4.94. The van der Waals surface area contributed by atoms with Crippen molar-refractivity contribution in [3.8, 4) is 0 Å². The molecule has 2 atom stereocenters. The summed E-state index contributed by atoms with van der Waals surface area (Å²) < 4.78 is 2.72. The molecule has 3 nitrogen and oxygen atoms in total. The zero-order valence-electron chi connectivity index (χ0n) is 15.4. The average Bonchev–Trinajstić information content (AvgIpc) is 3.10. The van der Waals surface area contributed by atoms with E-state index in [-0.39, 0.29) is 8.07 Å². The van der Waals surface area contributed by atoms with Gasteiger partial charge in [0, 0.05) is 13.1 Å². The smallest absolute Gasteiger partial charge is 0.00215 e. The Kier molecular flexibility index (Phi) is 7.76. The molecule has 2 saturated heterocycles. The Balaban J connectivity index is 0.00000242. The van der Waals surface area contributed by atoms with E-state index in [4.69, 9.17) is 5.32 Å². The molecule has 0 N–H and O–H groups in total. The summed E-state index contributed by atoms with van der Waals surface area (Å²) in [5, 5.41) is 5.31. The van der Waals surface area contributed by atoms with Crippen LogP contribution in [0.1, 0.15) is 46.5 Å². The molecule has 2 unspecified atom stereocenters. The SMILES string of the molecule is CC(C[N-]CC(C)(C)P(C)N1CCCC1)CN1CCCC1.[Rf]. The molecule has 0 aromatic carbocycles. The van der Waals surface area contributed by atoms with Crippen molar-refractivity contribution in [2.75, 3.05) is 52.5 Å². The van der Waals surface area contributed by atoms with Crippen molar-refractivity contribution in [3.63, 3.8) is 0 Å². The second-order valence-electron chi connectivity index (χ2n) is 7.67. The number of likely N-dealkylation sites (tertiary alicyclic amines) is 1. The van der Waals surface area contributed by atoms with Crippen LogP contribution in [0.4, 0.5) is 0 Å². The van der Waals surface area contributed by atoms with Crippen molar-refractivity contribution >= 4 is 8.07 Å². The first-order chi connectivity index (χ1) is 9.99. The fourth-order valence-electron chi connectivity index (χ4n) is 3.51. The van der Waals surface area contributed by atoms with Gasteiger partial charge in [-0.1, -0.05) is 26.7 Å². The molecule has 22 heavy (non-hydrogen) atoms. The molecule has 126 valence electrons. The fourth-order valence-corrected chi connectivity index (χ4v) is 5.46. The summed E-state index contributed by atoms with van der Waals surface area (Å²) in [6, 6.07) is 0. The molecule has 2 rings (SSSR count). The fraction of sp³-hybridized carbons (Fsp3) is 1.00. The van der Waals surface area contributed by atoms with Crippen molar-refractivity contribution in [1.29, 1.82) is 0 Å². The van der Waals surface area contributed by atoms with Gasteiger partial charge in [0.05, 0.1) is 0 Å². The summed E-state index contributed by atoms with van der Waals surface area (Å²) in [4.78, 5) is 2.61. The van der Waals surface area contributed by atoms with Crippen LogP contribution >= 0.6 is 8.07 Å². The van der Waals surface area contributed by atoms with Gasteiger partial charge in [-0.25, -0.2) is 0 Å². The van der Waals surface area contributed by atoms with Crippen molar-refractivity contribution < 1.29 is 0 Å². The Morgan fingerprint density at radius 2 is 1.59 bits per heavy atom. The van der Waals surface area contributed by atoms with Crippen molar-refractivity contribution in [1.82, 2.24) is 9.57 Å². The first-order valence-corrected chi connectivity index (χ1v) is 10.6. The Hall–Kier alpha value is -0.690. The third-order valence-electron chi connectivity index (χ3n) is 5.09. The predicted molar refractivity (Wildman–Crippen MR) is 95.7 cm³/mol. The summed E-state index contributed by atoms with van der Waals surface area (Å²) in [5.74, 6) is 0.716. The minimum atomic E-state index is -0.0395. The van der Waals surface area contributed by atoms with Crippen LogP contribution in [0.2, 0.25) is 0 Å². The predicted octanol–water partition coefficient (Wildman–Crippen LogP) is 3.99. The zero-order valence-corrected chi connectivity index (χ0v) is 22.6. The summed E-state index contributed by atoms with van der Waals surface area (Å²) in [7, 11) is -0.0395. The van der Waals surface area contributed by atoms with E-state index in [0.717, 1.165) is 13.1 Å². The Labute approximate surface area is 133 Å². The van der Waals surface area contributed by atoms with Gasteiger partial charge in [0.2, 0.25) is 0 Å². The second-order valence-corrected chi connectivity index (χ2v) is 10.5. The van der Waals surface area contributed by atoms with Crippen molar-refractivity contribution in [2.24, 2.45) is 5.92 Å². The monoisotopic (exact) mass is 579 g/mol. The molecular formula is C17H35N3PRf-. The van der Waals surface area contributed by atoms with Gasteiger partial charge in [-0.15, -0.1) is 13.1 Å². The molecule has 2 heterocycles. The van der Waals surface area contributed by atoms with Gasteiger partial charge in [-0.3, -0.25) is 4.67 Å². The molecule has 0 aromatic heterocycles. The molecule has 2 fully saturated rings. The van der Waals surface area contributed by atoms with E-state index in [1.54, 1.807) is 0 Å². The van der Waals surface area contributed by atoms with Crippen molar-refractivity contribution in [2.45, 2.75) is 51.6 Å². The quantitative estimate of drug-likeness (QED) is 0.406. The average molecular weight is 579 g/mol. The minimum Gasteiger partial charge on any atom is -0.661 e. The zero-order chi connectivity index (χ0) is 15.3.